The van der Waals surface area contributed by atoms with Crippen molar-refractivity contribution in [2.24, 2.45) is 7.05 Å². The van der Waals surface area contributed by atoms with E-state index in [9.17, 15) is 13.2 Å². The van der Waals surface area contributed by atoms with Gasteiger partial charge in [0.15, 0.2) is 5.82 Å². The van der Waals surface area contributed by atoms with E-state index in [1.807, 2.05) is 0 Å². The molecule has 0 N–H and O–H groups in total. The molecule has 2 aromatic heterocycles. The molecule has 1 aliphatic rings. The summed E-state index contributed by atoms with van der Waals surface area (Å²) in [6.45, 7) is 2.57. The van der Waals surface area contributed by atoms with Gasteiger partial charge < -0.3 is 14.0 Å². The van der Waals surface area contributed by atoms with Gasteiger partial charge >= 0.3 is 0 Å². The molecule has 1 saturated heterocycles. The van der Waals surface area contributed by atoms with Gasteiger partial charge in [-0.05, 0) is 25.5 Å². The molecule has 1 atom stereocenters. The Bertz CT molecular complexity index is 872. The topological polar surface area (TPSA) is 102 Å². The van der Waals surface area contributed by atoms with Crippen molar-refractivity contribution in [3.05, 3.63) is 35.7 Å². The summed E-state index contributed by atoms with van der Waals surface area (Å²) in [7, 11) is -1.68. The molecule has 0 spiro atoms. The van der Waals surface area contributed by atoms with Crippen LogP contribution >= 0.6 is 0 Å². The van der Waals surface area contributed by atoms with Crippen LogP contribution in [0.2, 0.25) is 0 Å². The first kappa shape index (κ1) is 17.6. The Morgan fingerprint density at radius 3 is 2.64 bits per heavy atom. The number of amides is 1. The van der Waals surface area contributed by atoms with Gasteiger partial charge in [-0.3, -0.25) is 4.79 Å². The van der Waals surface area contributed by atoms with Gasteiger partial charge in [-0.15, -0.1) is 0 Å². The molecule has 0 radical (unpaired) electrons. The van der Waals surface area contributed by atoms with E-state index < -0.39 is 16.1 Å². The van der Waals surface area contributed by atoms with Crippen LogP contribution in [0.3, 0.4) is 0 Å². The van der Waals surface area contributed by atoms with Crippen LogP contribution in [0.15, 0.2) is 22.9 Å². The highest BCUT2D eigenvalue weighted by Gasteiger charge is 2.36. The van der Waals surface area contributed by atoms with E-state index in [0.29, 0.717) is 31.0 Å². The fraction of sp³-hybridized carbons (Fsp3) is 0.533. The van der Waals surface area contributed by atoms with E-state index in [2.05, 4.69) is 10.1 Å². The van der Waals surface area contributed by atoms with Crippen LogP contribution in [-0.4, -0.2) is 64.1 Å². The van der Waals surface area contributed by atoms with Crippen molar-refractivity contribution >= 4 is 15.9 Å². The second-order valence-electron chi connectivity index (χ2n) is 6.15. The molecule has 1 unspecified atom stereocenters. The standard InChI is InChI=1S/C15H21N5O4S/c1-11-16-14(24-17-11)12-6-8-19(9-10-20(12)25(3,22)23)15(21)13-5-4-7-18(13)2/h4-5,7,12H,6,8-10H2,1-3H3. The van der Waals surface area contributed by atoms with Crippen molar-refractivity contribution < 1.29 is 17.7 Å². The lowest BCUT2D eigenvalue weighted by atomic mass is 10.2. The van der Waals surface area contributed by atoms with Crippen molar-refractivity contribution in [2.45, 2.75) is 19.4 Å². The SMILES string of the molecule is Cc1noc(C2CCN(C(=O)c3cccn3C)CCN2S(C)(=O)=O)n1. The minimum Gasteiger partial charge on any atom is -0.347 e. The maximum Gasteiger partial charge on any atom is 0.270 e. The first-order chi connectivity index (χ1) is 11.8. The van der Waals surface area contributed by atoms with Crippen LogP contribution in [0.5, 0.6) is 0 Å². The van der Waals surface area contributed by atoms with Crippen molar-refractivity contribution in [1.29, 1.82) is 0 Å². The second kappa shape index (κ2) is 6.60. The molecule has 1 fully saturated rings. The summed E-state index contributed by atoms with van der Waals surface area (Å²) in [5.74, 6) is 0.587. The maximum absolute atomic E-state index is 12.7. The third kappa shape index (κ3) is 3.59. The first-order valence-electron chi connectivity index (χ1n) is 7.95. The summed E-state index contributed by atoms with van der Waals surface area (Å²) in [4.78, 5) is 18.6. The molecule has 136 valence electrons. The van der Waals surface area contributed by atoms with Crippen LogP contribution < -0.4 is 0 Å². The third-order valence-corrected chi connectivity index (χ3v) is 5.60. The fourth-order valence-corrected chi connectivity index (χ4v) is 4.12. The van der Waals surface area contributed by atoms with Gasteiger partial charge in [-0.2, -0.15) is 9.29 Å². The number of hydrogen-bond acceptors (Lipinski definition) is 6. The van der Waals surface area contributed by atoms with Crippen LogP contribution in [0.4, 0.5) is 0 Å². The predicted molar refractivity (Wildman–Crippen MR) is 89.3 cm³/mol. The molecule has 25 heavy (non-hydrogen) atoms. The molecule has 1 amide bonds. The quantitative estimate of drug-likeness (QED) is 0.786. The lowest BCUT2D eigenvalue weighted by molar-refractivity contribution is 0.0754. The minimum absolute atomic E-state index is 0.122. The van der Waals surface area contributed by atoms with Gasteiger partial charge in [-0.25, -0.2) is 8.42 Å². The lowest BCUT2D eigenvalue weighted by Gasteiger charge is -2.24. The number of hydrogen-bond donors (Lipinski definition) is 0. The van der Waals surface area contributed by atoms with Gasteiger partial charge in [0.05, 0.1) is 6.26 Å². The van der Waals surface area contributed by atoms with Crippen LogP contribution in [0.1, 0.15) is 34.7 Å². The predicted octanol–water partition coefficient (Wildman–Crippen LogP) is 0.565. The highest BCUT2D eigenvalue weighted by Crippen LogP contribution is 2.28. The molecule has 3 heterocycles. The Morgan fingerprint density at radius 1 is 1.32 bits per heavy atom. The van der Waals surface area contributed by atoms with Crippen molar-refractivity contribution in [2.75, 3.05) is 25.9 Å². The summed E-state index contributed by atoms with van der Waals surface area (Å²) >= 11 is 0. The Kier molecular flexibility index (Phi) is 4.65. The first-order valence-corrected chi connectivity index (χ1v) is 9.80. The van der Waals surface area contributed by atoms with Crippen LogP contribution in [-0.2, 0) is 17.1 Å². The van der Waals surface area contributed by atoms with Gasteiger partial charge in [0, 0.05) is 32.9 Å². The van der Waals surface area contributed by atoms with Crippen LogP contribution in [0, 0.1) is 6.92 Å². The molecule has 0 bridgehead atoms. The fourth-order valence-electron chi connectivity index (χ4n) is 3.05. The summed E-state index contributed by atoms with van der Waals surface area (Å²) in [5, 5.41) is 3.75. The summed E-state index contributed by atoms with van der Waals surface area (Å²) in [5.41, 5.74) is 0.568. The summed E-state index contributed by atoms with van der Waals surface area (Å²) in [6.07, 6.45) is 3.35. The Balaban J connectivity index is 1.87. The summed E-state index contributed by atoms with van der Waals surface area (Å²) in [6, 6.07) is 2.99. The third-order valence-electron chi connectivity index (χ3n) is 4.31. The van der Waals surface area contributed by atoms with Crippen molar-refractivity contribution in [1.82, 2.24) is 23.9 Å². The molecule has 0 aliphatic carbocycles. The number of nitrogens with zero attached hydrogens (tertiary/aromatic N) is 5. The number of rotatable bonds is 3. The van der Waals surface area contributed by atoms with Gasteiger partial charge in [0.25, 0.3) is 5.91 Å². The van der Waals surface area contributed by atoms with E-state index in [-0.39, 0.29) is 18.3 Å². The van der Waals surface area contributed by atoms with Gasteiger partial charge in [0.2, 0.25) is 15.9 Å². The average molecular weight is 367 g/mol. The number of aromatic nitrogens is 3. The van der Waals surface area contributed by atoms with E-state index in [1.54, 1.807) is 41.8 Å². The number of carbonyl (C=O) groups excluding carboxylic acids is 1. The second-order valence-corrected chi connectivity index (χ2v) is 8.09. The van der Waals surface area contributed by atoms with Gasteiger partial charge in [0.1, 0.15) is 11.7 Å². The smallest absolute Gasteiger partial charge is 0.270 e. The highest BCUT2D eigenvalue weighted by atomic mass is 32.2. The molecule has 10 heteroatoms. The van der Waals surface area contributed by atoms with Crippen LogP contribution in [0.25, 0.3) is 0 Å². The van der Waals surface area contributed by atoms with Crippen molar-refractivity contribution in [3.8, 4) is 0 Å². The zero-order valence-electron chi connectivity index (χ0n) is 14.4. The normalized spacial score (nSPS) is 19.8. The number of sulfonamides is 1. The largest absolute Gasteiger partial charge is 0.347 e. The molecule has 0 saturated carbocycles. The Hall–Kier alpha value is -2.20. The molecular weight excluding hydrogens is 346 g/mol. The molecule has 1 aliphatic heterocycles. The van der Waals surface area contributed by atoms with Crippen molar-refractivity contribution in [3.63, 3.8) is 0 Å². The number of aryl methyl sites for hydroxylation is 2. The zero-order valence-corrected chi connectivity index (χ0v) is 15.2. The number of carbonyl (C=O) groups is 1. The molecular formula is C15H21N5O4S. The Labute approximate surface area is 146 Å². The molecule has 2 aromatic rings. The van der Waals surface area contributed by atoms with E-state index in [1.165, 1.54) is 4.31 Å². The van der Waals surface area contributed by atoms with E-state index in [4.69, 9.17) is 4.52 Å². The summed E-state index contributed by atoms with van der Waals surface area (Å²) < 4.78 is 32.7. The van der Waals surface area contributed by atoms with Gasteiger partial charge in [-0.1, -0.05) is 5.16 Å². The van der Waals surface area contributed by atoms with E-state index >= 15 is 0 Å². The maximum atomic E-state index is 12.7. The minimum atomic E-state index is -3.49. The molecule has 9 nitrogen and oxygen atoms in total. The average Bonchev–Trinajstić information content (AvgIpc) is 3.07. The molecule has 0 aromatic carbocycles. The highest BCUT2D eigenvalue weighted by molar-refractivity contribution is 7.88. The van der Waals surface area contributed by atoms with E-state index in [0.717, 1.165) is 6.26 Å². The monoisotopic (exact) mass is 367 g/mol. The molecule has 3 rings (SSSR count). The Morgan fingerprint density at radius 2 is 2.08 bits per heavy atom. The lowest BCUT2D eigenvalue weighted by Crippen LogP contribution is -2.38. The zero-order chi connectivity index (χ0) is 18.2.